The lowest BCUT2D eigenvalue weighted by Crippen LogP contribution is -2.33. The van der Waals surface area contributed by atoms with Gasteiger partial charge >= 0.3 is 0 Å². The van der Waals surface area contributed by atoms with E-state index >= 15 is 0 Å². The topological polar surface area (TPSA) is 63.4 Å². The van der Waals surface area contributed by atoms with Crippen molar-refractivity contribution in [2.24, 2.45) is 5.73 Å². The van der Waals surface area contributed by atoms with Crippen molar-refractivity contribution in [3.63, 3.8) is 0 Å². The number of hydrogen-bond donors (Lipinski definition) is 1. The van der Waals surface area contributed by atoms with Crippen LogP contribution in [-0.2, 0) is 10.0 Å². The molecule has 1 aromatic carbocycles. The zero-order valence-electron chi connectivity index (χ0n) is 11.1. The Balaban J connectivity index is 2.96. The maximum Gasteiger partial charge on any atom is 0.243 e. The van der Waals surface area contributed by atoms with Crippen molar-refractivity contribution in [2.75, 3.05) is 19.6 Å². The SMILES string of the molecule is CCCN(CCCN)S(=O)(=O)c1ccc(C)cc1. The molecule has 0 saturated carbocycles. The maximum atomic E-state index is 12.4. The van der Waals surface area contributed by atoms with Crippen LogP contribution in [0.2, 0.25) is 0 Å². The fourth-order valence-electron chi connectivity index (χ4n) is 1.73. The predicted octanol–water partition coefficient (Wildman–Crippen LogP) is 1.74. The minimum atomic E-state index is -3.37. The van der Waals surface area contributed by atoms with E-state index in [1.54, 1.807) is 12.1 Å². The fourth-order valence-corrected chi connectivity index (χ4v) is 3.30. The van der Waals surface area contributed by atoms with Gasteiger partial charge in [0.15, 0.2) is 0 Å². The van der Waals surface area contributed by atoms with E-state index < -0.39 is 10.0 Å². The summed E-state index contributed by atoms with van der Waals surface area (Å²) >= 11 is 0. The van der Waals surface area contributed by atoms with Crippen LogP contribution in [-0.4, -0.2) is 32.4 Å². The molecule has 0 saturated heterocycles. The zero-order valence-corrected chi connectivity index (χ0v) is 11.9. The molecule has 0 fully saturated rings. The number of nitrogens with zero attached hydrogens (tertiary/aromatic N) is 1. The number of hydrogen-bond acceptors (Lipinski definition) is 3. The first-order valence-corrected chi connectivity index (χ1v) is 7.73. The molecule has 0 radical (unpaired) electrons. The van der Waals surface area contributed by atoms with Crippen LogP contribution in [0.3, 0.4) is 0 Å². The highest BCUT2D eigenvalue weighted by molar-refractivity contribution is 7.89. The Bertz CT molecular complexity index is 454. The average molecular weight is 270 g/mol. The van der Waals surface area contributed by atoms with Gasteiger partial charge in [0, 0.05) is 13.1 Å². The van der Waals surface area contributed by atoms with Gasteiger partial charge < -0.3 is 5.73 Å². The van der Waals surface area contributed by atoms with Gasteiger partial charge in [-0.15, -0.1) is 0 Å². The molecule has 0 aliphatic rings. The first kappa shape index (κ1) is 15.1. The van der Waals surface area contributed by atoms with Crippen LogP contribution >= 0.6 is 0 Å². The number of sulfonamides is 1. The van der Waals surface area contributed by atoms with Crippen LogP contribution in [0.15, 0.2) is 29.2 Å². The van der Waals surface area contributed by atoms with Crippen LogP contribution in [0.4, 0.5) is 0 Å². The molecule has 2 N–H and O–H groups in total. The number of rotatable bonds is 7. The first-order valence-electron chi connectivity index (χ1n) is 6.29. The molecule has 0 spiro atoms. The highest BCUT2D eigenvalue weighted by atomic mass is 32.2. The minimum Gasteiger partial charge on any atom is -0.330 e. The molecule has 0 aromatic heterocycles. The van der Waals surface area contributed by atoms with E-state index in [2.05, 4.69) is 0 Å². The molecule has 102 valence electrons. The predicted molar refractivity (Wildman–Crippen MR) is 73.9 cm³/mol. The van der Waals surface area contributed by atoms with Crippen molar-refractivity contribution >= 4 is 10.0 Å². The third kappa shape index (κ3) is 3.80. The summed E-state index contributed by atoms with van der Waals surface area (Å²) in [5.74, 6) is 0. The van der Waals surface area contributed by atoms with Crippen LogP contribution in [0, 0.1) is 6.92 Å². The van der Waals surface area contributed by atoms with Gasteiger partial charge in [0.1, 0.15) is 0 Å². The molecule has 1 aromatic rings. The molecule has 0 unspecified atom stereocenters. The van der Waals surface area contributed by atoms with E-state index in [0.29, 0.717) is 31.0 Å². The monoisotopic (exact) mass is 270 g/mol. The summed E-state index contributed by atoms with van der Waals surface area (Å²) in [6.45, 7) is 5.44. The van der Waals surface area contributed by atoms with Crippen LogP contribution in [0.1, 0.15) is 25.3 Å². The Kier molecular flexibility index (Phi) is 5.78. The standard InChI is InChI=1S/C13H22N2O2S/c1-3-10-15(11-4-9-14)18(16,17)13-7-5-12(2)6-8-13/h5-8H,3-4,9-11,14H2,1-2H3. The summed E-state index contributed by atoms with van der Waals surface area (Å²) in [6, 6.07) is 6.96. The van der Waals surface area contributed by atoms with E-state index in [1.807, 2.05) is 26.0 Å². The molecular weight excluding hydrogens is 248 g/mol. The van der Waals surface area contributed by atoms with Gasteiger partial charge in [0.25, 0.3) is 0 Å². The largest absolute Gasteiger partial charge is 0.330 e. The second-order valence-electron chi connectivity index (χ2n) is 4.36. The van der Waals surface area contributed by atoms with Gasteiger partial charge in [-0.25, -0.2) is 8.42 Å². The maximum absolute atomic E-state index is 12.4. The van der Waals surface area contributed by atoms with Crippen molar-refractivity contribution < 1.29 is 8.42 Å². The van der Waals surface area contributed by atoms with Crippen molar-refractivity contribution in [3.8, 4) is 0 Å². The number of benzene rings is 1. The number of nitrogens with two attached hydrogens (primary N) is 1. The summed E-state index contributed by atoms with van der Waals surface area (Å²) in [5.41, 5.74) is 6.51. The van der Waals surface area contributed by atoms with E-state index in [-0.39, 0.29) is 0 Å². The van der Waals surface area contributed by atoms with Gasteiger partial charge in [-0.1, -0.05) is 24.6 Å². The first-order chi connectivity index (χ1) is 8.52. The zero-order chi connectivity index (χ0) is 13.6. The van der Waals surface area contributed by atoms with Crippen molar-refractivity contribution in [2.45, 2.75) is 31.6 Å². The van der Waals surface area contributed by atoms with Crippen LogP contribution < -0.4 is 5.73 Å². The van der Waals surface area contributed by atoms with Crippen molar-refractivity contribution in [1.82, 2.24) is 4.31 Å². The quantitative estimate of drug-likeness (QED) is 0.821. The third-order valence-electron chi connectivity index (χ3n) is 2.74. The Morgan fingerprint density at radius 1 is 1.17 bits per heavy atom. The molecule has 0 aliphatic heterocycles. The normalized spacial score (nSPS) is 12.0. The molecule has 0 bridgehead atoms. The molecule has 0 heterocycles. The Morgan fingerprint density at radius 2 is 1.78 bits per heavy atom. The van der Waals surface area contributed by atoms with E-state index in [4.69, 9.17) is 5.73 Å². The molecule has 18 heavy (non-hydrogen) atoms. The second kappa shape index (κ2) is 6.87. The van der Waals surface area contributed by atoms with E-state index in [9.17, 15) is 8.42 Å². The molecule has 0 amide bonds. The van der Waals surface area contributed by atoms with Gasteiger partial charge in [-0.3, -0.25) is 0 Å². The lowest BCUT2D eigenvalue weighted by Gasteiger charge is -2.21. The highest BCUT2D eigenvalue weighted by Crippen LogP contribution is 2.16. The third-order valence-corrected chi connectivity index (χ3v) is 4.66. The minimum absolute atomic E-state index is 0.360. The molecule has 0 atom stereocenters. The molecule has 0 aliphatic carbocycles. The summed E-state index contributed by atoms with van der Waals surface area (Å²) in [7, 11) is -3.37. The number of aryl methyl sites for hydroxylation is 1. The van der Waals surface area contributed by atoms with Crippen LogP contribution in [0.25, 0.3) is 0 Å². The fraction of sp³-hybridized carbons (Fsp3) is 0.538. The Morgan fingerprint density at radius 3 is 2.28 bits per heavy atom. The van der Waals surface area contributed by atoms with Gasteiger partial charge in [-0.05, 0) is 38.4 Å². The molecule has 1 rings (SSSR count). The van der Waals surface area contributed by atoms with Gasteiger partial charge in [0.05, 0.1) is 4.90 Å². The summed E-state index contributed by atoms with van der Waals surface area (Å²) in [4.78, 5) is 0.360. The van der Waals surface area contributed by atoms with Crippen LogP contribution in [0.5, 0.6) is 0 Å². The molecule has 4 nitrogen and oxygen atoms in total. The lowest BCUT2D eigenvalue weighted by molar-refractivity contribution is 0.406. The second-order valence-corrected chi connectivity index (χ2v) is 6.30. The summed E-state index contributed by atoms with van der Waals surface area (Å²) in [5, 5.41) is 0. The Hall–Kier alpha value is -0.910. The van der Waals surface area contributed by atoms with Crippen molar-refractivity contribution in [3.05, 3.63) is 29.8 Å². The highest BCUT2D eigenvalue weighted by Gasteiger charge is 2.22. The van der Waals surface area contributed by atoms with Gasteiger partial charge in [-0.2, -0.15) is 4.31 Å². The van der Waals surface area contributed by atoms with Crippen molar-refractivity contribution in [1.29, 1.82) is 0 Å². The van der Waals surface area contributed by atoms with E-state index in [1.165, 1.54) is 4.31 Å². The van der Waals surface area contributed by atoms with Gasteiger partial charge in [0.2, 0.25) is 10.0 Å². The molecular formula is C13H22N2O2S. The smallest absolute Gasteiger partial charge is 0.243 e. The molecule has 5 heteroatoms. The summed E-state index contributed by atoms with van der Waals surface area (Å²) < 4.78 is 26.4. The Labute approximate surface area is 110 Å². The average Bonchev–Trinajstić information content (AvgIpc) is 2.35. The summed E-state index contributed by atoms with van der Waals surface area (Å²) in [6.07, 6.45) is 1.49. The van der Waals surface area contributed by atoms with E-state index in [0.717, 1.165) is 12.0 Å². The lowest BCUT2D eigenvalue weighted by atomic mass is 10.2.